The minimum atomic E-state index is -0.0647. The second-order valence-corrected chi connectivity index (χ2v) is 9.70. The summed E-state index contributed by atoms with van der Waals surface area (Å²) in [6.45, 7) is 6.43. The van der Waals surface area contributed by atoms with Crippen molar-refractivity contribution in [2.45, 2.75) is 32.4 Å². The molecule has 0 saturated carbocycles. The van der Waals surface area contributed by atoms with E-state index >= 15 is 0 Å². The predicted molar refractivity (Wildman–Crippen MR) is 138 cm³/mol. The van der Waals surface area contributed by atoms with Gasteiger partial charge in [0.2, 0.25) is 5.91 Å². The summed E-state index contributed by atoms with van der Waals surface area (Å²) in [4.78, 5) is 21.7. The Bertz CT molecular complexity index is 1330. The van der Waals surface area contributed by atoms with Gasteiger partial charge < -0.3 is 10.1 Å². The van der Waals surface area contributed by atoms with Crippen molar-refractivity contribution in [1.29, 1.82) is 0 Å². The second kappa shape index (κ2) is 9.92. The Morgan fingerprint density at radius 2 is 1.74 bits per heavy atom. The summed E-state index contributed by atoms with van der Waals surface area (Å²) in [6.07, 6.45) is 0.858. The maximum Gasteiger partial charge on any atom is 0.252 e. The fourth-order valence-electron chi connectivity index (χ4n) is 4.26. The van der Waals surface area contributed by atoms with Gasteiger partial charge in [-0.15, -0.1) is 11.8 Å². The summed E-state index contributed by atoms with van der Waals surface area (Å²) < 4.78 is 7.62. The number of fused-ring (bicyclic) bond motifs is 1. The number of nitrogens with zero attached hydrogens (tertiary/aromatic N) is 4. The van der Waals surface area contributed by atoms with Gasteiger partial charge in [0.05, 0.1) is 23.3 Å². The van der Waals surface area contributed by atoms with Crippen molar-refractivity contribution >= 4 is 23.5 Å². The first-order chi connectivity index (χ1) is 17.0. The number of carbonyl (C=O) groups is 1. The zero-order chi connectivity index (χ0) is 24.4. The Morgan fingerprint density at radius 3 is 2.46 bits per heavy atom. The van der Waals surface area contributed by atoms with E-state index in [1.165, 1.54) is 5.56 Å². The summed E-state index contributed by atoms with van der Waals surface area (Å²) in [5.41, 5.74) is 5.86. The molecule has 2 aromatic carbocycles. The number of thioether (sulfide) groups is 1. The van der Waals surface area contributed by atoms with Crippen LogP contribution < -0.4 is 10.1 Å². The summed E-state index contributed by atoms with van der Waals surface area (Å²) in [5, 5.41) is 7.71. The van der Waals surface area contributed by atoms with Crippen LogP contribution in [0.4, 0.5) is 5.82 Å². The van der Waals surface area contributed by atoms with Crippen LogP contribution >= 0.6 is 11.8 Å². The normalized spacial score (nSPS) is 15.3. The number of amides is 1. The molecule has 0 spiro atoms. The van der Waals surface area contributed by atoms with Crippen LogP contribution in [0.2, 0.25) is 0 Å². The lowest BCUT2D eigenvalue weighted by molar-refractivity contribution is -0.113. The van der Waals surface area contributed by atoms with Gasteiger partial charge in [-0.2, -0.15) is 9.78 Å². The SMILES string of the molecule is Cc1cc(C)nc(-n2nc(C)c3c2NC(=O)CS[C@@H]3c2ccc(OCCc3ccccc3)cc2)n1. The molecule has 0 aliphatic carbocycles. The van der Waals surface area contributed by atoms with E-state index in [4.69, 9.17) is 9.84 Å². The van der Waals surface area contributed by atoms with Crippen LogP contribution in [0, 0.1) is 20.8 Å². The molecule has 1 amide bonds. The fourth-order valence-corrected chi connectivity index (χ4v) is 5.45. The Morgan fingerprint density at radius 1 is 1.03 bits per heavy atom. The van der Waals surface area contributed by atoms with Crippen molar-refractivity contribution in [2.75, 3.05) is 17.7 Å². The number of anilines is 1. The van der Waals surface area contributed by atoms with Gasteiger partial charge in [-0.25, -0.2) is 9.97 Å². The molecule has 4 aromatic rings. The smallest absolute Gasteiger partial charge is 0.252 e. The van der Waals surface area contributed by atoms with E-state index in [1.807, 2.05) is 57.2 Å². The average Bonchev–Trinajstić information content (AvgIpc) is 3.04. The number of aromatic nitrogens is 4. The van der Waals surface area contributed by atoms with Crippen molar-refractivity contribution in [1.82, 2.24) is 19.7 Å². The molecule has 5 rings (SSSR count). The summed E-state index contributed by atoms with van der Waals surface area (Å²) in [6, 6.07) is 20.3. The first-order valence-corrected chi connectivity index (χ1v) is 12.6. The van der Waals surface area contributed by atoms with Gasteiger partial charge in [0.15, 0.2) is 0 Å². The number of hydrogen-bond donors (Lipinski definition) is 1. The van der Waals surface area contributed by atoms with Gasteiger partial charge >= 0.3 is 0 Å². The monoisotopic (exact) mass is 485 g/mol. The maximum atomic E-state index is 12.6. The van der Waals surface area contributed by atoms with E-state index in [0.717, 1.165) is 40.4 Å². The molecule has 0 unspecified atom stereocenters. The molecule has 1 atom stereocenters. The van der Waals surface area contributed by atoms with E-state index in [1.54, 1.807) is 16.4 Å². The Labute approximate surface area is 209 Å². The van der Waals surface area contributed by atoms with Crippen LogP contribution in [-0.2, 0) is 11.2 Å². The predicted octanol–water partition coefficient (Wildman–Crippen LogP) is 4.98. The van der Waals surface area contributed by atoms with Gasteiger partial charge in [0, 0.05) is 23.4 Å². The average molecular weight is 486 g/mol. The molecule has 0 radical (unpaired) electrons. The number of hydrogen-bond acceptors (Lipinski definition) is 6. The molecular formula is C27H27N5O2S. The Hall–Kier alpha value is -3.65. The Balaban J connectivity index is 1.41. The molecule has 0 bridgehead atoms. The number of rotatable bonds is 6. The van der Waals surface area contributed by atoms with E-state index in [2.05, 4.69) is 39.6 Å². The molecule has 178 valence electrons. The summed E-state index contributed by atoms with van der Waals surface area (Å²) in [7, 11) is 0. The molecule has 2 aromatic heterocycles. The maximum absolute atomic E-state index is 12.6. The lowest BCUT2D eigenvalue weighted by Crippen LogP contribution is -2.17. The number of benzene rings is 2. The highest BCUT2D eigenvalue weighted by molar-refractivity contribution is 8.00. The number of carbonyl (C=O) groups excluding carboxylic acids is 1. The van der Waals surface area contributed by atoms with Crippen molar-refractivity contribution in [3.8, 4) is 11.7 Å². The van der Waals surface area contributed by atoms with Gasteiger partial charge in [-0.1, -0.05) is 42.5 Å². The quantitative estimate of drug-likeness (QED) is 0.415. The molecule has 35 heavy (non-hydrogen) atoms. The fraction of sp³-hybridized carbons (Fsp3) is 0.259. The summed E-state index contributed by atoms with van der Waals surface area (Å²) in [5.74, 6) is 2.21. The molecule has 8 heteroatoms. The number of nitrogens with one attached hydrogen (secondary N) is 1. The first kappa shape index (κ1) is 23.1. The van der Waals surface area contributed by atoms with Gasteiger partial charge in [0.1, 0.15) is 11.6 Å². The van der Waals surface area contributed by atoms with Crippen LogP contribution in [0.1, 0.15) is 39.0 Å². The van der Waals surface area contributed by atoms with Crippen molar-refractivity contribution < 1.29 is 9.53 Å². The van der Waals surface area contributed by atoms with Crippen LogP contribution in [0.25, 0.3) is 5.95 Å². The standard InChI is InChI=1S/C27H27N5O2S/c1-17-15-18(2)29-27(28-17)32-26-24(19(3)31-32)25(35-16-23(33)30-26)21-9-11-22(12-10-21)34-14-13-20-7-5-4-6-8-20/h4-12,15,25H,13-14,16H2,1-3H3,(H,30,33)/t25-/m1/s1. The topological polar surface area (TPSA) is 81.9 Å². The highest BCUT2D eigenvalue weighted by atomic mass is 32.2. The van der Waals surface area contributed by atoms with Crippen LogP contribution in [0.3, 0.4) is 0 Å². The lowest BCUT2D eigenvalue weighted by Gasteiger charge is -2.16. The molecule has 0 fully saturated rings. The third kappa shape index (κ3) is 5.07. The number of aryl methyl sites for hydroxylation is 3. The molecule has 1 aliphatic rings. The van der Waals surface area contributed by atoms with Crippen molar-refractivity contribution in [2.24, 2.45) is 0 Å². The van der Waals surface area contributed by atoms with E-state index in [-0.39, 0.29) is 11.2 Å². The van der Waals surface area contributed by atoms with Gasteiger partial charge in [-0.05, 0) is 50.1 Å². The van der Waals surface area contributed by atoms with Crippen LogP contribution in [0.5, 0.6) is 5.75 Å². The third-order valence-electron chi connectivity index (χ3n) is 5.85. The lowest BCUT2D eigenvalue weighted by atomic mass is 10.0. The zero-order valence-electron chi connectivity index (χ0n) is 20.0. The van der Waals surface area contributed by atoms with E-state index < -0.39 is 0 Å². The largest absolute Gasteiger partial charge is 0.493 e. The number of ether oxygens (including phenoxy) is 1. The van der Waals surface area contributed by atoms with Crippen LogP contribution in [-0.4, -0.2) is 38.0 Å². The third-order valence-corrected chi connectivity index (χ3v) is 7.12. The first-order valence-electron chi connectivity index (χ1n) is 11.6. The molecule has 7 nitrogen and oxygen atoms in total. The van der Waals surface area contributed by atoms with Gasteiger partial charge in [0.25, 0.3) is 5.95 Å². The van der Waals surface area contributed by atoms with Gasteiger partial charge in [-0.3, -0.25) is 4.79 Å². The Kier molecular flexibility index (Phi) is 6.55. The van der Waals surface area contributed by atoms with Crippen LogP contribution in [0.15, 0.2) is 60.7 Å². The zero-order valence-corrected chi connectivity index (χ0v) is 20.8. The molecular weight excluding hydrogens is 458 g/mol. The highest BCUT2D eigenvalue weighted by Gasteiger charge is 2.31. The molecule has 1 N–H and O–H groups in total. The highest BCUT2D eigenvalue weighted by Crippen LogP contribution is 2.43. The minimum Gasteiger partial charge on any atom is -0.493 e. The van der Waals surface area contributed by atoms with Crippen molar-refractivity contribution in [3.05, 3.63) is 94.4 Å². The summed E-state index contributed by atoms with van der Waals surface area (Å²) >= 11 is 1.59. The van der Waals surface area contributed by atoms with Crippen molar-refractivity contribution in [3.63, 3.8) is 0 Å². The van der Waals surface area contributed by atoms with E-state index in [9.17, 15) is 4.79 Å². The minimum absolute atomic E-state index is 0.0537. The second-order valence-electron chi connectivity index (χ2n) is 8.60. The molecule has 0 saturated heterocycles. The van der Waals surface area contributed by atoms with E-state index in [0.29, 0.717) is 24.1 Å². The molecule has 3 heterocycles. The molecule has 1 aliphatic heterocycles.